The van der Waals surface area contributed by atoms with Crippen LogP contribution in [-0.2, 0) is 39.8 Å². The first-order chi connectivity index (χ1) is 22.6. The first-order valence-corrected chi connectivity index (χ1v) is 15.8. The molecule has 0 radical (unpaired) electrons. The molecule has 0 saturated carbocycles. The van der Waals surface area contributed by atoms with E-state index in [2.05, 4.69) is 5.32 Å². The van der Waals surface area contributed by atoms with E-state index in [0.717, 1.165) is 27.8 Å². The molecular formula is C33H35Cl3N2O9. The molecule has 3 aromatic rings. The number of benzene rings is 3. The summed E-state index contributed by atoms with van der Waals surface area (Å²) in [7, 11) is 2.73. The minimum absolute atomic E-state index is 0.0233. The quantitative estimate of drug-likeness (QED) is 0.0725. The maximum Gasteiger partial charge on any atom is 0.508 e. The molecule has 47 heavy (non-hydrogen) atoms. The molecule has 0 amide bonds. The molecule has 11 nitrogen and oxygen atoms in total. The number of aliphatic hydroxyl groups excluding tert-OH is 1. The number of aliphatic hydroxyl groups is 1. The number of hydrogen-bond acceptors (Lipinski definition) is 11. The van der Waals surface area contributed by atoms with Gasteiger partial charge in [-0.1, -0.05) is 114 Å². The van der Waals surface area contributed by atoms with E-state index in [4.69, 9.17) is 73.4 Å². The Kier molecular flexibility index (Phi) is 12.0. The number of ether oxygens (including phenoxy) is 7. The molecule has 5 atom stereocenters. The Balaban J connectivity index is 1.36. The highest BCUT2D eigenvalue weighted by Gasteiger charge is 2.51. The Morgan fingerprint density at radius 3 is 2.11 bits per heavy atom. The number of rotatable bonds is 12. The van der Waals surface area contributed by atoms with E-state index in [9.17, 15) is 9.90 Å². The van der Waals surface area contributed by atoms with Gasteiger partial charge in [0.25, 0.3) is 3.79 Å². The van der Waals surface area contributed by atoms with Crippen molar-refractivity contribution < 1.29 is 43.1 Å². The largest absolute Gasteiger partial charge is 0.508 e. The third kappa shape index (κ3) is 8.55. The first-order valence-electron chi connectivity index (χ1n) is 14.7. The lowest BCUT2D eigenvalue weighted by atomic mass is 9.96. The van der Waals surface area contributed by atoms with Gasteiger partial charge in [-0.25, -0.2) is 4.79 Å². The van der Waals surface area contributed by atoms with Gasteiger partial charge >= 0.3 is 6.16 Å². The lowest BCUT2D eigenvalue weighted by Gasteiger charge is -2.44. The minimum Gasteiger partial charge on any atom is -0.446 e. The zero-order valence-corrected chi connectivity index (χ0v) is 27.8. The van der Waals surface area contributed by atoms with Crippen LogP contribution < -0.4 is 5.32 Å². The summed E-state index contributed by atoms with van der Waals surface area (Å²) in [6.07, 6.45) is -7.57. The van der Waals surface area contributed by atoms with Gasteiger partial charge in [-0.15, -0.1) is 0 Å². The van der Waals surface area contributed by atoms with Crippen molar-refractivity contribution in [1.82, 2.24) is 5.32 Å². The molecule has 14 heteroatoms. The summed E-state index contributed by atoms with van der Waals surface area (Å²) < 4.78 is 37.2. The van der Waals surface area contributed by atoms with Gasteiger partial charge in [-0.2, -0.15) is 0 Å². The molecule has 3 aromatic carbocycles. The van der Waals surface area contributed by atoms with Crippen LogP contribution in [0.4, 0.5) is 4.79 Å². The Hall–Kier alpha value is -2.97. The monoisotopic (exact) mass is 708 g/mol. The van der Waals surface area contributed by atoms with Gasteiger partial charge in [0.15, 0.2) is 6.10 Å². The fourth-order valence-electron chi connectivity index (χ4n) is 5.65. The van der Waals surface area contributed by atoms with Crippen LogP contribution in [0, 0.1) is 5.41 Å². The maximum absolute atomic E-state index is 13.3. The minimum atomic E-state index is -2.24. The summed E-state index contributed by atoms with van der Waals surface area (Å²) in [6, 6.07) is 24.0. The number of methoxy groups -OCH3 is 2. The van der Waals surface area contributed by atoms with Crippen LogP contribution in [0.1, 0.15) is 22.6 Å². The Morgan fingerprint density at radius 1 is 0.915 bits per heavy atom. The van der Waals surface area contributed by atoms with Crippen LogP contribution in [0.2, 0.25) is 0 Å². The highest BCUT2D eigenvalue weighted by atomic mass is 35.6. The molecule has 5 rings (SSSR count). The van der Waals surface area contributed by atoms with Gasteiger partial charge in [0.2, 0.25) is 18.6 Å². The second-order valence-corrected chi connectivity index (χ2v) is 13.1. The average molecular weight is 710 g/mol. The topological polar surface area (TPSA) is 138 Å². The zero-order valence-electron chi connectivity index (χ0n) is 25.5. The van der Waals surface area contributed by atoms with Crippen molar-refractivity contribution >= 4 is 46.9 Å². The van der Waals surface area contributed by atoms with E-state index in [1.54, 1.807) is 0 Å². The van der Waals surface area contributed by atoms with Crippen LogP contribution in [-0.4, -0.2) is 85.4 Å². The molecule has 2 aliphatic rings. The van der Waals surface area contributed by atoms with Gasteiger partial charge in [-0.3, -0.25) is 10.7 Å². The smallest absolute Gasteiger partial charge is 0.446 e. The molecule has 1 aliphatic carbocycles. The number of alkyl halides is 3. The molecule has 1 heterocycles. The first kappa shape index (κ1) is 35.3. The molecule has 1 fully saturated rings. The van der Waals surface area contributed by atoms with Gasteiger partial charge in [0.1, 0.15) is 24.9 Å². The summed E-state index contributed by atoms with van der Waals surface area (Å²) in [5.41, 5.74) is 5.05. The summed E-state index contributed by atoms with van der Waals surface area (Å²) in [6.45, 7) is 0.0364. The summed E-state index contributed by atoms with van der Waals surface area (Å²) >= 11 is 17.7. The van der Waals surface area contributed by atoms with Crippen molar-refractivity contribution in [2.75, 3.05) is 27.4 Å². The second-order valence-electron chi connectivity index (χ2n) is 10.8. The second kappa shape index (κ2) is 16.0. The fraction of sp³-hybridized carbons (Fsp3) is 0.394. The highest BCUT2D eigenvalue weighted by Crippen LogP contribution is 2.44. The van der Waals surface area contributed by atoms with Crippen molar-refractivity contribution in [2.24, 2.45) is 0 Å². The van der Waals surface area contributed by atoms with Crippen molar-refractivity contribution in [1.29, 1.82) is 5.41 Å². The van der Waals surface area contributed by atoms with E-state index >= 15 is 0 Å². The molecule has 252 valence electrons. The number of hydrogen-bond donors (Lipinski definition) is 3. The SMILES string of the molecule is COC(N[C@H]1[C@H](OC(=N)C(Cl)(Cl)Cl)O[C@H](COCc2ccccc2)[C@@H](O)[C@@H]1OC(=O)OCC1c2ccccc2-c2ccccc21)OC. The van der Waals surface area contributed by atoms with Gasteiger partial charge in [0, 0.05) is 20.1 Å². The van der Waals surface area contributed by atoms with Gasteiger partial charge in [0.05, 0.1) is 13.2 Å². The molecular weight excluding hydrogens is 675 g/mol. The standard InChI is InChI=1S/C33H35Cl3N2O9/c1-41-31(42-2)38-26-28(46-32(40)44-17-24-22-14-8-6-12-20(22)21-13-7-9-15-23(21)24)27(39)25(18-43-16-19-10-4-3-5-11-19)45-29(26)47-30(37)33(34,35)36/h3-15,24-29,31,37-39H,16-18H2,1-2H3/t25-,26-,27-,28-,29+/m1/s1. The molecule has 0 unspecified atom stereocenters. The van der Waals surface area contributed by atoms with Crippen molar-refractivity contribution in [2.45, 2.75) is 53.4 Å². The zero-order chi connectivity index (χ0) is 33.6. The molecule has 1 saturated heterocycles. The fourth-order valence-corrected chi connectivity index (χ4v) is 5.78. The van der Waals surface area contributed by atoms with Crippen molar-refractivity contribution in [3.8, 4) is 11.1 Å². The number of carbonyl (C=O) groups is 1. The highest BCUT2D eigenvalue weighted by molar-refractivity contribution is 6.76. The van der Waals surface area contributed by atoms with Gasteiger partial charge < -0.3 is 38.3 Å². The lowest BCUT2D eigenvalue weighted by Crippen LogP contribution is -2.67. The van der Waals surface area contributed by atoms with Crippen LogP contribution >= 0.6 is 34.8 Å². The number of fused-ring (bicyclic) bond motifs is 3. The molecule has 0 aromatic heterocycles. The molecule has 3 N–H and O–H groups in total. The van der Waals surface area contributed by atoms with E-state index in [1.165, 1.54) is 14.2 Å². The Labute approximate surface area is 287 Å². The molecule has 0 bridgehead atoms. The summed E-state index contributed by atoms with van der Waals surface area (Å²) in [5.74, 6) is -0.999. The van der Waals surface area contributed by atoms with E-state index in [0.29, 0.717) is 0 Å². The Bertz CT molecular complexity index is 1460. The Morgan fingerprint density at radius 2 is 1.51 bits per heavy atom. The molecule has 0 spiro atoms. The van der Waals surface area contributed by atoms with Crippen molar-refractivity contribution in [3.63, 3.8) is 0 Å². The van der Waals surface area contributed by atoms with Crippen LogP contribution in [0.15, 0.2) is 78.9 Å². The normalized spacial score (nSPS) is 22.4. The summed E-state index contributed by atoms with van der Waals surface area (Å²) in [5, 5.41) is 22.6. The third-order valence-electron chi connectivity index (χ3n) is 7.88. The number of nitrogens with one attached hydrogen (secondary N) is 2. The predicted octanol–water partition coefficient (Wildman–Crippen LogP) is 5.52. The predicted molar refractivity (Wildman–Crippen MR) is 175 cm³/mol. The number of carbonyl (C=O) groups excluding carboxylic acids is 1. The molecule has 1 aliphatic heterocycles. The van der Waals surface area contributed by atoms with Gasteiger partial charge in [-0.05, 0) is 27.8 Å². The van der Waals surface area contributed by atoms with Crippen LogP contribution in [0.5, 0.6) is 0 Å². The van der Waals surface area contributed by atoms with Crippen molar-refractivity contribution in [3.05, 3.63) is 95.6 Å². The van der Waals surface area contributed by atoms with E-state index in [-0.39, 0.29) is 25.7 Å². The summed E-state index contributed by atoms with van der Waals surface area (Å²) in [4.78, 5) is 13.3. The maximum atomic E-state index is 13.3. The van der Waals surface area contributed by atoms with Crippen LogP contribution in [0.25, 0.3) is 11.1 Å². The number of halogens is 3. The average Bonchev–Trinajstić information content (AvgIpc) is 3.39. The van der Waals surface area contributed by atoms with E-state index < -0.39 is 52.9 Å². The third-order valence-corrected chi connectivity index (χ3v) is 8.39. The lowest BCUT2D eigenvalue weighted by molar-refractivity contribution is -0.267. The van der Waals surface area contributed by atoms with Crippen LogP contribution in [0.3, 0.4) is 0 Å². The van der Waals surface area contributed by atoms with E-state index in [1.807, 2.05) is 78.9 Å².